The second-order valence-electron chi connectivity index (χ2n) is 7.85. The van der Waals surface area contributed by atoms with Crippen molar-refractivity contribution in [1.82, 2.24) is 19.5 Å². The third kappa shape index (κ3) is 4.13. The molecular formula is C22H24FN5O2. The van der Waals surface area contributed by atoms with Gasteiger partial charge in [0.2, 0.25) is 5.82 Å². The molecule has 2 aromatic heterocycles. The average molecular weight is 409 g/mol. The molecule has 4 N–H and O–H groups in total. The summed E-state index contributed by atoms with van der Waals surface area (Å²) in [5.74, 6) is 6.13. The van der Waals surface area contributed by atoms with Crippen LogP contribution in [0, 0.1) is 17.7 Å². The van der Waals surface area contributed by atoms with Gasteiger partial charge in [0, 0.05) is 5.56 Å². The summed E-state index contributed by atoms with van der Waals surface area (Å²) in [5, 5.41) is 20.6. The summed E-state index contributed by atoms with van der Waals surface area (Å²) in [5.41, 5.74) is 6.40. The first kappa shape index (κ1) is 20.3. The zero-order valence-corrected chi connectivity index (χ0v) is 16.8. The van der Waals surface area contributed by atoms with Crippen molar-refractivity contribution in [2.45, 2.75) is 57.3 Å². The van der Waals surface area contributed by atoms with Crippen LogP contribution in [0.25, 0.3) is 22.6 Å². The van der Waals surface area contributed by atoms with Crippen LogP contribution in [0.1, 0.15) is 44.9 Å². The molecule has 0 spiro atoms. The van der Waals surface area contributed by atoms with Gasteiger partial charge >= 0.3 is 0 Å². The number of hydrogen-bond donors (Lipinski definition) is 3. The quantitative estimate of drug-likeness (QED) is 0.574. The standard InChI is InChI=1S/C22H24FN5O2/c1-14(29)13-28-20(15-6-5-7-16(23)12-15)27-18-19(24)25-17(26-21(18)28)8-11-22(30)9-3-2-4-10-22/h5-7,12,14,29-30H,2-4,9-10,13H2,1H3,(H2,24,25,26). The van der Waals surface area contributed by atoms with Crippen LogP contribution < -0.4 is 5.73 Å². The predicted molar refractivity (Wildman–Crippen MR) is 112 cm³/mol. The molecule has 30 heavy (non-hydrogen) atoms. The lowest BCUT2D eigenvalue weighted by Gasteiger charge is -2.26. The molecule has 2 heterocycles. The number of aliphatic hydroxyl groups is 2. The Hall–Kier alpha value is -3.02. The molecule has 1 unspecified atom stereocenters. The number of hydrogen-bond acceptors (Lipinski definition) is 6. The maximum absolute atomic E-state index is 13.8. The summed E-state index contributed by atoms with van der Waals surface area (Å²) in [7, 11) is 0. The van der Waals surface area contributed by atoms with Crippen molar-refractivity contribution in [3.63, 3.8) is 0 Å². The predicted octanol–water partition coefficient (Wildman–Crippen LogP) is 2.64. The number of nitrogens with two attached hydrogens (primary N) is 1. The number of anilines is 1. The van der Waals surface area contributed by atoms with E-state index in [4.69, 9.17) is 5.73 Å². The molecule has 1 aliphatic rings. The summed E-state index contributed by atoms with van der Waals surface area (Å²) >= 11 is 0. The number of aliphatic hydroxyl groups excluding tert-OH is 1. The molecule has 8 heteroatoms. The highest BCUT2D eigenvalue weighted by Gasteiger charge is 2.27. The third-order valence-corrected chi connectivity index (χ3v) is 5.24. The lowest BCUT2D eigenvalue weighted by molar-refractivity contribution is 0.0610. The van der Waals surface area contributed by atoms with E-state index in [0.29, 0.717) is 35.4 Å². The van der Waals surface area contributed by atoms with Gasteiger partial charge in [-0.3, -0.25) is 0 Å². The monoisotopic (exact) mass is 409 g/mol. The number of benzene rings is 1. The maximum atomic E-state index is 13.8. The number of nitrogen functional groups attached to an aromatic ring is 1. The van der Waals surface area contributed by atoms with Crippen LogP contribution in [0.2, 0.25) is 0 Å². The van der Waals surface area contributed by atoms with Gasteiger partial charge in [-0.25, -0.2) is 19.3 Å². The number of aromatic nitrogens is 4. The van der Waals surface area contributed by atoms with E-state index in [2.05, 4.69) is 26.8 Å². The van der Waals surface area contributed by atoms with Crippen LogP contribution in [-0.4, -0.2) is 41.4 Å². The SMILES string of the molecule is CC(O)Cn1c(-c2cccc(F)c2)nc2c(N)nc(C#CC3(O)CCCCC3)nc21. The Labute approximate surface area is 173 Å². The van der Waals surface area contributed by atoms with Crippen LogP contribution >= 0.6 is 0 Å². The normalized spacial score (nSPS) is 16.8. The van der Waals surface area contributed by atoms with Gasteiger partial charge in [0.15, 0.2) is 17.0 Å². The molecule has 3 aromatic rings. The fourth-order valence-electron chi connectivity index (χ4n) is 3.80. The van der Waals surface area contributed by atoms with E-state index < -0.39 is 17.5 Å². The number of nitrogens with zero attached hydrogens (tertiary/aromatic N) is 4. The van der Waals surface area contributed by atoms with E-state index in [9.17, 15) is 14.6 Å². The molecule has 7 nitrogen and oxygen atoms in total. The fraction of sp³-hybridized carbons (Fsp3) is 0.409. The Morgan fingerprint density at radius 3 is 2.70 bits per heavy atom. The van der Waals surface area contributed by atoms with E-state index in [-0.39, 0.29) is 18.2 Å². The second-order valence-corrected chi connectivity index (χ2v) is 7.85. The highest BCUT2D eigenvalue weighted by Crippen LogP contribution is 2.29. The highest BCUT2D eigenvalue weighted by atomic mass is 19.1. The zero-order valence-electron chi connectivity index (χ0n) is 16.8. The summed E-state index contributed by atoms with van der Waals surface area (Å²) in [6.07, 6.45) is 3.53. The first-order valence-electron chi connectivity index (χ1n) is 10.1. The Morgan fingerprint density at radius 2 is 2.00 bits per heavy atom. The molecular weight excluding hydrogens is 385 g/mol. The summed E-state index contributed by atoms with van der Waals surface area (Å²) in [4.78, 5) is 13.2. The molecule has 1 aromatic carbocycles. The Bertz CT molecular complexity index is 1140. The lowest BCUT2D eigenvalue weighted by Crippen LogP contribution is -2.29. The number of halogens is 1. The lowest BCUT2D eigenvalue weighted by atomic mass is 9.85. The van der Waals surface area contributed by atoms with E-state index in [1.807, 2.05) is 0 Å². The summed E-state index contributed by atoms with van der Waals surface area (Å²) in [6.45, 7) is 1.83. The minimum atomic E-state index is -1.03. The first-order chi connectivity index (χ1) is 14.3. The second kappa shape index (κ2) is 8.01. The van der Waals surface area contributed by atoms with E-state index >= 15 is 0 Å². The highest BCUT2D eigenvalue weighted by molar-refractivity contribution is 5.85. The third-order valence-electron chi connectivity index (χ3n) is 5.24. The molecule has 1 fully saturated rings. The van der Waals surface area contributed by atoms with E-state index in [0.717, 1.165) is 19.3 Å². The van der Waals surface area contributed by atoms with Gasteiger partial charge in [-0.15, -0.1) is 0 Å². The minimum absolute atomic E-state index is 0.141. The van der Waals surface area contributed by atoms with Gasteiger partial charge in [0.05, 0.1) is 12.6 Å². The summed E-state index contributed by atoms with van der Waals surface area (Å²) in [6, 6.07) is 6.03. The molecule has 0 amide bonds. The Morgan fingerprint density at radius 1 is 1.23 bits per heavy atom. The number of fused-ring (bicyclic) bond motifs is 1. The largest absolute Gasteiger partial charge is 0.392 e. The molecule has 4 rings (SSSR count). The van der Waals surface area contributed by atoms with Crippen LogP contribution in [0.4, 0.5) is 10.2 Å². The number of imidazole rings is 1. The molecule has 0 bridgehead atoms. The van der Waals surface area contributed by atoms with Gasteiger partial charge in [0.25, 0.3) is 0 Å². The topological polar surface area (TPSA) is 110 Å². The van der Waals surface area contributed by atoms with Crippen molar-refractivity contribution >= 4 is 17.0 Å². The van der Waals surface area contributed by atoms with Crippen LogP contribution in [0.15, 0.2) is 24.3 Å². The molecule has 156 valence electrons. The molecule has 1 aliphatic carbocycles. The van der Waals surface area contributed by atoms with Crippen molar-refractivity contribution < 1.29 is 14.6 Å². The van der Waals surface area contributed by atoms with Crippen molar-refractivity contribution in [3.8, 4) is 23.2 Å². The molecule has 1 saturated carbocycles. The Kier molecular flexibility index (Phi) is 5.41. The van der Waals surface area contributed by atoms with Gasteiger partial charge < -0.3 is 20.5 Å². The first-order valence-corrected chi connectivity index (χ1v) is 10.1. The smallest absolute Gasteiger partial charge is 0.209 e. The van der Waals surface area contributed by atoms with E-state index in [1.54, 1.807) is 23.6 Å². The van der Waals surface area contributed by atoms with Crippen molar-refractivity contribution in [2.24, 2.45) is 0 Å². The average Bonchev–Trinajstić information content (AvgIpc) is 3.06. The fourth-order valence-corrected chi connectivity index (χ4v) is 3.80. The molecule has 1 atom stereocenters. The molecule has 0 saturated heterocycles. The number of rotatable bonds is 3. The van der Waals surface area contributed by atoms with Crippen molar-refractivity contribution in [2.75, 3.05) is 5.73 Å². The van der Waals surface area contributed by atoms with E-state index in [1.165, 1.54) is 12.1 Å². The van der Waals surface area contributed by atoms with Crippen molar-refractivity contribution in [3.05, 3.63) is 35.9 Å². The van der Waals surface area contributed by atoms with Gasteiger partial charge in [0.1, 0.15) is 17.2 Å². The van der Waals surface area contributed by atoms with Crippen LogP contribution in [0.5, 0.6) is 0 Å². The Balaban J connectivity index is 1.83. The van der Waals surface area contributed by atoms with Crippen molar-refractivity contribution in [1.29, 1.82) is 0 Å². The summed E-state index contributed by atoms with van der Waals surface area (Å²) < 4.78 is 15.5. The van der Waals surface area contributed by atoms with Gasteiger partial charge in [-0.2, -0.15) is 0 Å². The molecule has 0 aliphatic heterocycles. The molecule has 0 radical (unpaired) electrons. The zero-order chi connectivity index (χ0) is 21.3. The van der Waals surface area contributed by atoms with Gasteiger partial charge in [-0.05, 0) is 50.7 Å². The minimum Gasteiger partial charge on any atom is -0.392 e. The van der Waals surface area contributed by atoms with Crippen LogP contribution in [-0.2, 0) is 6.54 Å². The van der Waals surface area contributed by atoms with Gasteiger partial charge in [-0.1, -0.05) is 24.5 Å². The maximum Gasteiger partial charge on any atom is 0.209 e. The van der Waals surface area contributed by atoms with Crippen LogP contribution in [0.3, 0.4) is 0 Å².